The zero-order chi connectivity index (χ0) is 11.7. The van der Waals surface area contributed by atoms with Crippen molar-refractivity contribution in [2.45, 2.75) is 31.6 Å². The lowest BCUT2D eigenvalue weighted by Gasteiger charge is -2.23. The topological polar surface area (TPSA) is 29.0 Å². The maximum Gasteiger partial charge on any atom is 0.151 e. The molecule has 0 saturated heterocycles. The molecule has 0 bridgehead atoms. The molecule has 0 amide bonds. The van der Waals surface area contributed by atoms with Crippen LogP contribution in [-0.2, 0) is 5.88 Å². The van der Waals surface area contributed by atoms with E-state index in [1.54, 1.807) is 0 Å². The van der Waals surface area contributed by atoms with Crippen LogP contribution >= 0.6 is 11.6 Å². The summed E-state index contributed by atoms with van der Waals surface area (Å²) >= 11 is 5.73. The van der Waals surface area contributed by atoms with Crippen LogP contribution < -0.4 is 4.90 Å². The highest BCUT2D eigenvalue weighted by Gasteiger charge is 2.29. The van der Waals surface area contributed by atoms with Crippen molar-refractivity contribution in [2.75, 3.05) is 18.0 Å². The first-order valence-electron chi connectivity index (χ1n) is 6.48. The van der Waals surface area contributed by atoms with Crippen LogP contribution in [0.5, 0.6) is 0 Å². The van der Waals surface area contributed by atoms with Crippen molar-refractivity contribution >= 4 is 17.4 Å². The Kier molecular flexibility index (Phi) is 3.19. The maximum atomic E-state index is 5.73. The largest absolute Gasteiger partial charge is 0.355 e. The molecule has 17 heavy (non-hydrogen) atoms. The molecule has 2 aliphatic rings. The fourth-order valence-corrected chi connectivity index (χ4v) is 2.22. The third-order valence-corrected chi connectivity index (χ3v) is 3.79. The Bertz CT molecular complexity index is 357. The van der Waals surface area contributed by atoms with Crippen molar-refractivity contribution in [3.8, 4) is 0 Å². The molecule has 0 aromatic carbocycles. The van der Waals surface area contributed by atoms with Gasteiger partial charge in [0, 0.05) is 13.1 Å². The summed E-state index contributed by atoms with van der Waals surface area (Å²) in [6.07, 6.45) is 5.53. The molecular formula is C13H18ClN3. The Morgan fingerprint density at radius 3 is 2.12 bits per heavy atom. The molecule has 1 heterocycles. The van der Waals surface area contributed by atoms with E-state index in [-0.39, 0.29) is 0 Å². The van der Waals surface area contributed by atoms with Gasteiger partial charge in [-0.3, -0.25) is 0 Å². The zero-order valence-electron chi connectivity index (χ0n) is 9.98. The van der Waals surface area contributed by atoms with Crippen LogP contribution in [0.1, 0.15) is 31.4 Å². The Morgan fingerprint density at radius 1 is 1.06 bits per heavy atom. The number of rotatable bonds is 6. The third kappa shape index (κ3) is 3.09. The first kappa shape index (κ1) is 11.3. The fraction of sp³-hybridized carbons (Fsp3) is 0.692. The van der Waals surface area contributed by atoms with Crippen molar-refractivity contribution < 1.29 is 0 Å². The Hall–Kier alpha value is -0.830. The number of hydrogen-bond donors (Lipinski definition) is 0. The van der Waals surface area contributed by atoms with E-state index in [1.165, 1.54) is 25.7 Å². The summed E-state index contributed by atoms with van der Waals surface area (Å²) in [5.41, 5.74) is 0.855. The van der Waals surface area contributed by atoms with E-state index in [0.717, 1.165) is 36.4 Å². The quantitative estimate of drug-likeness (QED) is 0.728. The molecule has 2 aliphatic carbocycles. The van der Waals surface area contributed by atoms with E-state index in [0.29, 0.717) is 5.88 Å². The molecule has 4 heteroatoms. The molecule has 1 aromatic rings. The normalized spacial score (nSPS) is 19.4. The van der Waals surface area contributed by atoms with Gasteiger partial charge in [0.2, 0.25) is 0 Å². The summed E-state index contributed by atoms with van der Waals surface area (Å²) < 4.78 is 0. The number of halogens is 1. The van der Waals surface area contributed by atoms with Crippen LogP contribution in [0.25, 0.3) is 0 Å². The minimum atomic E-state index is 0.443. The van der Waals surface area contributed by atoms with Gasteiger partial charge in [-0.2, -0.15) is 5.10 Å². The van der Waals surface area contributed by atoms with Crippen molar-refractivity contribution in [3.05, 3.63) is 17.8 Å². The Labute approximate surface area is 107 Å². The van der Waals surface area contributed by atoms with Gasteiger partial charge >= 0.3 is 0 Å². The van der Waals surface area contributed by atoms with Crippen LogP contribution in [0.4, 0.5) is 5.82 Å². The number of anilines is 1. The molecule has 0 atom stereocenters. The Balaban J connectivity index is 1.69. The lowest BCUT2D eigenvalue weighted by molar-refractivity contribution is 0.665. The van der Waals surface area contributed by atoms with Gasteiger partial charge in [0.15, 0.2) is 5.82 Å². The smallest absolute Gasteiger partial charge is 0.151 e. The van der Waals surface area contributed by atoms with E-state index in [4.69, 9.17) is 11.6 Å². The number of nitrogens with zero attached hydrogens (tertiary/aromatic N) is 3. The summed E-state index contributed by atoms with van der Waals surface area (Å²) in [6.45, 7) is 2.32. The average Bonchev–Trinajstić information content (AvgIpc) is 3.23. The number of alkyl halides is 1. The summed E-state index contributed by atoms with van der Waals surface area (Å²) in [6, 6.07) is 4.05. The molecular weight excluding hydrogens is 234 g/mol. The van der Waals surface area contributed by atoms with E-state index in [1.807, 2.05) is 6.07 Å². The molecule has 0 unspecified atom stereocenters. The lowest BCUT2D eigenvalue weighted by atomic mass is 10.3. The molecule has 1 aromatic heterocycles. The van der Waals surface area contributed by atoms with Gasteiger partial charge in [-0.25, -0.2) is 0 Å². The summed E-state index contributed by atoms with van der Waals surface area (Å²) in [5, 5.41) is 8.45. The SMILES string of the molecule is ClCc1ccc(N(CC2CC2)CC2CC2)nn1. The second-order valence-electron chi connectivity index (χ2n) is 5.31. The van der Waals surface area contributed by atoms with Gasteiger partial charge in [-0.1, -0.05) is 0 Å². The predicted octanol–water partition coefficient (Wildman–Crippen LogP) is 2.84. The first-order chi connectivity index (χ1) is 8.35. The van der Waals surface area contributed by atoms with Crippen molar-refractivity contribution in [1.29, 1.82) is 0 Å². The molecule has 2 saturated carbocycles. The number of aromatic nitrogens is 2. The highest BCUT2D eigenvalue weighted by atomic mass is 35.5. The van der Waals surface area contributed by atoms with Crippen LogP contribution in [-0.4, -0.2) is 23.3 Å². The molecule has 3 nitrogen and oxygen atoms in total. The van der Waals surface area contributed by atoms with E-state index in [2.05, 4.69) is 21.2 Å². The second kappa shape index (κ2) is 4.81. The van der Waals surface area contributed by atoms with Gasteiger partial charge in [-0.05, 0) is 49.7 Å². The predicted molar refractivity (Wildman–Crippen MR) is 69.3 cm³/mol. The molecule has 0 N–H and O–H groups in total. The molecule has 0 aliphatic heterocycles. The zero-order valence-corrected chi connectivity index (χ0v) is 10.7. The minimum Gasteiger partial charge on any atom is -0.355 e. The van der Waals surface area contributed by atoms with E-state index >= 15 is 0 Å². The van der Waals surface area contributed by atoms with Gasteiger partial charge in [0.25, 0.3) is 0 Å². The van der Waals surface area contributed by atoms with Crippen LogP contribution in [0.15, 0.2) is 12.1 Å². The van der Waals surface area contributed by atoms with Crippen LogP contribution in [0.3, 0.4) is 0 Å². The van der Waals surface area contributed by atoms with Gasteiger partial charge in [-0.15, -0.1) is 16.7 Å². The van der Waals surface area contributed by atoms with Gasteiger partial charge < -0.3 is 4.90 Å². The van der Waals surface area contributed by atoms with E-state index in [9.17, 15) is 0 Å². The monoisotopic (exact) mass is 251 g/mol. The maximum absolute atomic E-state index is 5.73. The lowest BCUT2D eigenvalue weighted by Crippen LogP contribution is -2.29. The molecule has 3 rings (SSSR count). The minimum absolute atomic E-state index is 0.443. The highest BCUT2D eigenvalue weighted by Crippen LogP contribution is 2.35. The second-order valence-corrected chi connectivity index (χ2v) is 5.58. The number of hydrogen-bond acceptors (Lipinski definition) is 3. The van der Waals surface area contributed by atoms with E-state index < -0.39 is 0 Å². The summed E-state index contributed by atoms with van der Waals surface area (Å²) in [7, 11) is 0. The highest BCUT2D eigenvalue weighted by molar-refractivity contribution is 6.16. The summed E-state index contributed by atoms with van der Waals surface area (Å²) in [4.78, 5) is 2.42. The van der Waals surface area contributed by atoms with Crippen LogP contribution in [0, 0.1) is 11.8 Å². The molecule has 2 fully saturated rings. The molecule has 92 valence electrons. The standard InChI is InChI=1S/C13H18ClN3/c14-7-12-5-6-13(16-15-12)17(8-10-1-2-10)9-11-3-4-11/h5-6,10-11H,1-4,7-9H2. The molecule has 0 spiro atoms. The first-order valence-corrected chi connectivity index (χ1v) is 7.02. The Morgan fingerprint density at radius 2 is 1.71 bits per heavy atom. The van der Waals surface area contributed by atoms with Crippen molar-refractivity contribution in [3.63, 3.8) is 0 Å². The fourth-order valence-electron chi connectivity index (χ4n) is 2.08. The third-order valence-electron chi connectivity index (χ3n) is 3.52. The van der Waals surface area contributed by atoms with Gasteiger partial charge in [0.1, 0.15) is 0 Å². The van der Waals surface area contributed by atoms with Gasteiger partial charge in [0.05, 0.1) is 11.6 Å². The van der Waals surface area contributed by atoms with Crippen LogP contribution in [0.2, 0.25) is 0 Å². The summed E-state index contributed by atoms with van der Waals surface area (Å²) in [5.74, 6) is 3.25. The molecule has 0 radical (unpaired) electrons. The van der Waals surface area contributed by atoms with Crippen molar-refractivity contribution in [2.24, 2.45) is 11.8 Å². The average molecular weight is 252 g/mol. The van der Waals surface area contributed by atoms with Crippen molar-refractivity contribution in [1.82, 2.24) is 10.2 Å².